The SMILES string of the molecule is CCCC([S])c1ccccc1C. The quantitative estimate of drug-likeness (QED) is 0.657. The molecule has 65 valence electrons. The summed E-state index contributed by atoms with van der Waals surface area (Å²) in [6.45, 7) is 4.31. The Morgan fingerprint density at radius 1 is 1.33 bits per heavy atom. The number of benzene rings is 1. The van der Waals surface area contributed by atoms with Gasteiger partial charge >= 0.3 is 0 Å². The Morgan fingerprint density at radius 2 is 2.00 bits per heavy atom. The lowest BCUT2D eigenvalue weighted by atomic mass is 10.0. The maximum absolute atomic E-state index is 5.39. The van der Waals surface area contributed by atoms with E-state index in [1.807, 2.05) is 0 Å². The second-order valence-electron chi connectivity index (χ2n) is 3.13. The van der Waals surface area contributed by atoms with Gasteiger partial charge in [-0.25, -0.2) is 0 Å². The van der Waals surface area contributed by atoms with Crippen molar-refractivity contribution in [3.8, 4) is 0 Å². The molecule has 0 amide bonds. The first-order valence-electron chi connectivity index (χ1n) is 4.47. The average Bonchev–Trinajstić information content (AvgIpc) is 2.05. The highest BCUT2D eigenvalue weighted by atomic mass is 32.1. The minimum atomic E-state index is 0.302. The van der Waals surface area contributed by atoms with E-state index < -0.39 is 0 Å². The summed E-state index contributed by atoms with van der Waals surface area (Å²) < 4.78 is 0. The van der Waals surface area contributed by atoms with E-state index in [1.165, 1.54) is 17.5 Å². The fourth-order valence-electron chi connectivity index (χ4n) is 1.37. The number of rotatable bonds is 3. The standard InChI is InChI=1S/C11H15S/c1-3-6-11(12)10-8-5-4-7-9(10)2/h4-5,7-8,11H,3,6H2,1-2H3. The van der Waals surface area contributed by atoms with Crippen LogP contribution in [-0.4, -0.2) is 0 Å². The smallest absolute Gasteiger partial charge is 0.0403 e. The molecule has 0 heterocycles. The number of hydrogen-bond donors (Lipinski definition) is 0. The molecule has 0 saturated carbocycles. The molecule has 0 aliphatic rings. The van der Waals surface area contributed by atoms with Crippen molar-refractivity contribution in [2.75, 3.05) is 0 Å². The van der Waals surface area contributed by atoms with Crippen LogP contribution < -0.4 is 0 Å². The first kappa shape index (κ1) is 9.66. The molecule has 1 aromatic rings. The van der Waals surface area contributed by atoms with E-state index in [-0.39, 0.29) is 0 Å². The van der Waals surface area contributed by atoms with Crippen molar-refractivity contribution in [2.24, 2.45) is 0 Å². The second-order valence-corrected chi connectivity index (χ2v) is 3.70. The largest absolute Gasteiger partial charge is 0.0853 e. The van der Waals surface area contributed by atoms with Crippen LogP contribution in [0.15, 0.2) is 24.3 Å². The van der Waals surface area contributed by atoms with Crippen molar-refractivity contribution < 1.29 is 0 Å². The summed E-state index contributed by atoms with van der Waals surface area (Å²) in [5.41, 5.74) is 2.65. The lowest BCUT2D eigenvalue weighted by Crippen LogP contribution is -1.92. The van der Waals surface area contributed by atoms with E-state index in [1.54, 1.807) is 0 Å². The Morgan fingerprint density at radius 3 is 2.58 bits per heavy atom. The Kier molecular flexibility index (Phi) is 3.67. The van der Waals surface area contributed by atoms with Gasteiger partial charge in [0.1, 0.15) is 0 Å². The van der Waals surface area contributed by atoms with Crippen molar-refractivity contribution >= 4 is 12.6 Å². The molecule has 0 spiro atoms. The van der Waals surface area contributed by atoms with E-state index in [0.717, 1.165) is 6.42 Å². The van der Waals surface area contributed by atoms with Crippen molar-refractivity contribution in [2.45, 2.75) is 31.9 Å². The van der Waals surface area contributed by atoms with Crippen LogP contribution in [-0.2, 0) is 0 Å². The summed E-state index contributed by atoms with van der Waals surface area (Å²) in [4.78, 5) is 0. The highest BCUT2D eigenvalue weighted by Crippen LogP contribution is 2.27. The van der Waals surface area contributed by atoms with E-state index >= 15 is 0 Å². The number of hydrogen-bond acceptors (Lipinski definition) is 0. The molecule has 1 heteroatoms. The Labute approximate surface area is 80.4 Å². The van der Waals surface area contributed by atoms with Gasteiger partial charge < -0.3 is 0 Å². The first-order valence-corrected chi connectivity index (χ1v) is 4.94. The fourth-order valence-corrected chi connectivity index (χ4v) is 1.87. The molecule has 0 N–H and O–H groups in total. The molecule has 1 unspecified atom stereocenters. The van der Waals surface area contributed by atoms with Crippen LogP contribution in [0.3, 0.4) is 0 Å². The van der Waals surface area contributed by atoms with Crippen molar-refractivity contribution in [1.29, 1.82) is 0 Å². The van der Waals surface area contributed by atoms with Gasteiger partial charge in [0.25, 0.3) is 0 Å². The van der Waals surface area contributed by atoms with E-state index in [2.05, 4.69) is 38.1 Å². The summed E-state index contributed by atoms with van der Waals surface area (Å²) in [7, 11) is 0. The summed E-state index contributed by atoms with van der Waals surface area (Å²) in [6, 6.07) is 8.40. The molecule has 12 heavy (non-hydrogen) atoms. The summed E-state index contributed by atoms with van der Waals surface area (Å²) in [6.07, 6.45) is 2.28. The monoisotopic (exact) mass is 179 g/mol. The van der Waals surface area contributed by atoms with Crippen LogP contribution in [0.2, 0.25) is 0 Å². The summed E-state index contributed by atoms with van der Waals surface area (Å²) in [5.74, 6) is 0. The molecule has 0 bridgehead atoms. The highest BCUT2D eigenvalue weighted by molar-refractivity contribution is 7.80. The third kappa shape index (κ3) is 2.28. The van der Waals surface area contributed by atoms with Gasteiger partial charge in [0.15, 0.2) is 0 Å². The zero-order valence-corrected chi connectivity index (χ0v) is 8.53. The lowest BCUT2D eigenvalue weighted by molar-refractivity contribution is 0.779. The van der Waals surface area contributed by atoms with Gasteiger partial charge in [0.05, 0.1) is 0 Å². The Bertz CT molecular complexity index is 243. The fraction of sp³-hybridized carbons (Fsp3) is 0.455. The predicted molar refractivity (Wildman–Crippen MR) is 56.4 cm³/mol. The third-order valence-corrected chi connectivity index (χ3v) is 2.58. The molecular formula is C11H15S. The zero-order chi connectivity index (χ0) is 8.97. The van der Waals surface area contributed by atoms with Crippen molar-refractivity contribution in [3.63, 3.8) is 0 Å². The molecule has 0 aliphatic heterocycles. The van der Waals surface area contributed by atoms with Crippen LogP contribution >= 0.6 is 12.6 Å². The highest BCUT2D eigenvalue weighted by Gasteiger charge is 2.07. The second kappa shape index (κ2) is 4.56. The minimum absolute atomic E-state index is 0.302. The third-order valence-electron chi connectivity index (χ3n) is 2.09. The van der Waals surface area contributed by atoms with Gasteiger partial charge in [-0.15, -0.1) is 0 Å². The summed E-state index contributed by atoms with van der Waals surface area (Å²) in [5, 5.41) is 0.302. The average molecular weight is 179 g/mol. The van der Waals surface area contributed by atoms with Crippen LogP contribution in [0.1, 0.15) is 36.1 Å². The van der Waals surface area contributed by atoms with Crippen LogP contribution in [0.4, 0.5) is 0 Å². The molecular weight excluding hydrogens is 164 g/mol. The topological polar surface area (TPSA) is 0 Å². The molecule has 1 rings (SSSR count). The summed E-state index contributed by atoms with van der Waals surface area (Å²) >= 11 is 5.39. The predicted octanol–water partition coefficient (Wildman–Crippen LogP) is 4.03. The maximum Gasteiger partial charge on any atom is 0.0403 e. The minimum Gasteiger partial charge on any atom is -0.0853 e. The molecule has 0 nitrogen and oxygen atoms in total. The lowest BCUT2D eigenvalue weighted by Gasteiger charge is -2.11. The molecule has 0 saturated heterocycles. The van der Waals surface area contributed by atoms with Gasteiger partial charge in [0.2, 0.25) is 0 Å². The van der Waals surface area contributed by atoms with Gasteiger partial charge in [-0.05, 0) is 24.5 Å². The van der Waals surface area contributed by atoms with Crippen LogP contribution in [0.5, 0.6) is 0 Å². The van der Waals surface area contributed by atoms with Gasteiger partial charge in [-0.3, -0.25) is 0 Å². The maximum atomic E-state index is 5.39. The zero-order valence-electron chi connectivity index (χ0n) is 7.71. The Hall–Kier alpha value is -0.430. The van der Waals surface area contributed by atoms with E-state index in [9.17, 15) is 0 Å². The normalized spacial score (nSPS) is 12.9. The molecule has 1 atom stereocenters. The van der Waals surface area contributed by atoms with E-state index in [0.29, 0.717) is 5.25 Å². The molecule has 0 aromatic heterocycles. The van der Waals surface area contributed by atoms with Crippen molar-refractivity contribution in [1.82, 2.24) is 0 Å². The Balaban J connectivity index is 2.79. The van der Waals surface area contributed by atoms with Gasteiger partial charge in [0, 0.05) is 5.25 Å². The molecule has 0 aliphatic carbocycles. The number of aryl methyl sites for hydroxylation is 1. The van der Waals surface area contributed by atoms with Gasteiger partial charge in [-0.2, -0.15) is 0 Å². The van der Waals surface area contributed by atoms with E-state index in [4.69, 9.17) is 12.6 Å². The van der Waals surface area contributed by atoms with Gasteiger partial charge in [-0.1, -0.05) is 50.2 Å². The van der Waals surface area contributed by atoms with Crippen molar-refractivity contribution in [3.05, 3.63) is 35.4 Å². The molecule has 1 aromatic carbocycles. The van der Waals surface area contributed by atoms with Crippen LogP contribution in [0.25, 0.3) is 0 Å². The van der Waals surface area contributed by atoms with Crippen LogP contribution in [0, 0.1) is 6.92 Å². The molecule has 1 radical (unpaired) electrons. The first-order chi connectivity index (χ1) is 5.75. The molecule has 0 fully saturated rings.